The van der Waals surface area contributed by atoms with E-state index in [9.17, 15) is 0 Å². The number of benzene rings is 1. The highest BCUT2D eigenvalue weighted by molar-refractivity contribution is 5.32. The minimum Gasteiger partial charge on any atom is -0.313 e. The lowest BCUT2D eigenvalue weighted by molar-refractivity contribution is 0.514. The monoisotopic (exact) mass is 252 g/mol. The number of aromatic nitrogens is 1. The SMILES string of the molecule is CNC(c1cnccc1C)C1CC1c1ccccc1. The molecule has 2 heteroatoms. The van der Waals surface area contributed by atoms with Gasteiger partial charge < -0.3 is 5.32 Å². The zero-order valence-electron chi connectivity index (χ0n) is 11.5. The summed E-state index contributed by atoms with van der Waals surface area (Å²) in [5.41, 5.74) is 4.13. The van der Waals surface area contributed by atoms with Crippen LogP contribution in [0.25, 0.3) is 0 Å². The number of aryl methyl sites for hydroxylation is 1. The first-order valence-electron chi connectivity index (χ1n) is 6.94. The Labute approximate surface area is 114 Å². The van der Waals surface area contributed by atoms with E-state index in [1.165, 1.54) is 23.1 Å². The van der Waals surface area contributed by atoms with Crippen LogP contribution in [0.3, 0.4) is 0 Å². The fraction of sp³-hybridized carbons (Fsp3) is 0.353. The lowest BCUT2D eigenvalue weighted by Crippen LogP contribution is -2.20. The molecule has 1 aliphatic rings. The van der Waals surface area contributed by atoms with Crippen molar-refractivity contribution in [2.45, 2.75) is 25.3 Å². The second-order valence-electron chi connectivity index (χ2n) is 5.42. The van der Waals surface area contributed by atoms with Crippen LogP contribution in [0.4, 0.5) is 0 Å². The van der Waals surface area contributed by atoms with Crippen LogP contribution in [0, 0.1) is 12.8 Å². The van der Waals surface area contributed by atoms with Crippen molar-refractivity contribution >= 4 is 0 Å². The topological polar surface area (TPSA) is 24.9 Å². The van der Waals surface area contributed by atoms with Crippen LogP contribution in [0.1, 0.15) is 35.1 Å². The molecule has 1 N–H and O–H groups in total. The second kappa shape index (κ2) is 5.14. The minimum absolute atomic E-state index is 0.416. The Hall–Kier alpha value is -1.67. The highest BCUT2D eigenvalue weighted by Crippen LogP contribution is 2.54. The largest absolute Gasteiger partial charge is 0.313 e. The summed E-state index contributed by atoms with van der Waals surface area (Å²) in [6.07, 6.45) is 5.15. The van der Waals surface area contributed by atoms with Crippen LogP contribution in [0.15, 0.2) is 48.8 Å². The molecular formula is C17H20N2. The summed E-state index contributed by atoms with van der Waals surface area (Å²) in [4.78, 5) is 4.28. The lowest BCUT2D eigenvalue weighted by Gasteiger charge is -2.18. The molecular weight excluding hydrogens is 232 g/mol. The van der Waals surface area contributed by atoms with E-state index in [1.54, 1.807) is 0 Å². The molecule has 0 aliphatic heterocycles. The molecule has 2 nitrogen and oxygen atoms in total. The van der Waals surface area contributed by atoms with Gasteiger partial charge in [-0.25, -0.2) is 0 Å². The summed E-state index contributed by atoms with van der Waals surface area (Å²) in [7, 11) is 2.05. The summed E-state index contributed by atoms with van der Waals surface area (Å²) in [5, 5.41) is 3.48. The third-order valence-electron chi connectivity index (χ3n) is 4.22. The van der Waals surface area contributed by atoms with Gasteiger partial charge in [-0.15, -0.1) is 0 Å². The molecule has 1 fully saturated rings. The van der Waals surface area contributed by atoms with Crippen molar-refractivity contribution in [3.63, 3.8) is 0 Å². The maximum absolute atomic E-state index is 4.28. The Bertz CT molecular complexity index is 550. The Morgan fingerprint density at radius 2 is 2.00 bits per heavy atom. The summed E-state index contributed by atoms with van der Waals surface area (Å²) in [6.45, 7) is 2.17. The van der Waals surface area contributed by atoms with E-state index in [1.807, 2.05) is 12.4 Å². The Kier molecular flexibility index (Phi) is 3.34. The first-order valence-corrected chi connectivity index (χ1v) is 6.94. The van der Waals surface area contributed by atoms with E-state index in [0.29, 0.717) is 17.9 Å². The van der Waals surface area contributed by atoms with E-state index in [-0.39, 0.29) is 0 Å². The van der Waals surface area contributed by atoms with Gasteiger partial charge in [0, 0.05) is 18.4 Å². The van der Waals surface area contributed by atoms with E-state index in [4.69, 9.17) is 0 Å². The van der Waals surface area contributed by atoms with Crippen molar-refractivity contribution in [3.05, 3.63) is 65.5 Å². The van der Waals surface area contributed by atoms with Crippen LogP contribution in [-0.2, 0) is 0 Å². The Balaban J connectivity index is 1.81. The van der Waals surface area contributed by atoms with E-state index in [2.05, 4.69) is 60.7 Å². The molecule has 0 bridgehead atoms. The minimum atomic E-state index is 0.416. The number of nitrogens with zero attached hydrogens (tertiary/aromatic N) is 1. The average Bonchev–Trinajstić information content (AvgIpc) is 3.23. The fourth-order valence-electron chi connectivity index (χ4n) is 3.07. The summed E-state index contributed by atoms with van der Waals surface area (Å²) in [5.74, 6) is 1.38. The summed E-state index contributed by atoms with van der Waals surface area (Å²) in [6, 6.07) is 13.4. The standard InChI is InChI=1S/C17H20N2/c1-12-8-9-19-11-16(12)17(18-2)15-10-14(15)13-6-4-3-5-7-13/h3-9,11,14-15,17-18H,10H2,1-2H3. The Morgan fingerprint density at radius 1 is 1.21 bits per heavy atom. The highest BCUT2D eigenvalue weighted by Gasteiger charge is 2.44. The van der Waals surface area contributed by atoms with E-state index < -0.39 is 0 Å². The van der Waals surface area contributed by atoms with Crippen molar-refractivity contribution in [2.75, 3.05) is 7.05 Å². The number of rotatable bonds is 4. The zero-order chi connectivity index (χ0) is 13.2. The van der Waals surface area contributed by atoms with Gasteiger partial charge in [0.25, 0.3) is 0 Å². The summed E-state index contributed by atoms with van der Waals surface area (Å²) >= 11 is 0. The molecule has 1 heterocycles. The zero-order valence-corrected chi connectivity index (χ0v) is 11.5. The lowest BCUT2D eigenvalue weighted by atomic mass is 9.97. The molecule has 0 radical (unpaired) electrons. The van der Waals surface area contributed by atoms with Gasteiger partial charge in [0.05, 0.1) is 0 Å². The van der Waals surface area contributed by atoms with Crippen molar-refractivity contribution in [1.82, 2.24) is 10.3 Å². The number of nitrogens with one attached hydrogen (secondary N) is 1. The van der Waals surface area contributed by atoms with Crippen LogP contribution in [0.5, 0.6) is 0 Å². The fourth-order valence-corrected chi connectivity index (χ4v) is 3.07. The van der Waals surface area contributed by atoms with Gasteiger partial charge in [0.15, 0.2) is 0 Å². The molecule has 98 valence electrons. The first-order chi connectivity index (χ1) is 9.31. The van der Waals surface area contributed by atoms with Gasteiger partial charge >= 0.3 is 0 Å². The quantitative estimate of drug-likeness (QED) is 0.901. The molecule has 0 saturated heterocycles. The molecule has 2 aromatic rings. The van der Waals surface area contributed by atoms with Gasteiger partial charge in [0.1, 0.15) is 0 Å². The van der Waals surface area contributed by atoms with Crippen molar-refractivity contribution in [1.29, 1.82) is 0 Å². The predicted octanol–water partition coefficient (Wildman–Crippen LogP) is 3.45. The second-order valence-corrected chi connectivity index (χ2v) is 5.42. The van der Waals surface area contributed by atoms with Gasteiger partial charge in [-0.1, -0.05) is 30.3 Å². The third kappa shape index (κ3) is 2.41. The van der Waals surface area contributed by atoms with Gasteiger partial charge in [0.2, 0.25) is 0 Å². The molecule has 3 unspecified atom stereocenters. The van der Waals surface area contributed by atoms with Crippen LogP contribution in [-0.4, -0.2) is 12.0 Å². The number of hydrogen-bond acceptors (Lipinski definition) is 2. The van der Waals surface area contributed by atoms with Crippen LogP contribution in [0.2, 0.25) is 0 Å². The molecule has 0 amide bonds. The molecule has 0 spiro atoms. The molecule has 1 aromatic carbocycles. The van der Waals surface area contributed by atoms with Crippen LogP contribution < -0.4 is 5.32 Å². The Morgan fingerprint density at radius 3 is 2.68 bits per heavy atom. The smallest absolute Gasteiger partial charge is 0.0370 e. The molecule has 1 saturated carbocycles. The summed E-state index contributed by atoms with van der Waals surface area (Å²) < 4.78 is 0. The van der Waals surface area contributed by atoms with Gasteiger partial charge in [-0.05, 0) is 55.0 Å². The first kappa shape index (κ1) is 12.4. The third-order valence-corrected chi connectivity index (χ3v) is 4.22. The van der Waals surface area contributed by atoms with Gasteiger partial charge in [-0.2, -0.15) is 0 Å². The maximum Gasteiger partial charge on any atom is 0.0370 e. The van der Waals surface area contributed by atoms with Crippen molar-refractivity contribution in [2.24, 2.45) is 5.92 Å². The maximum atomic E-state index is 4.28. The molecule has 1 aromatic heterocycles. The van der Waals surface area contributed by atoms with Crippen LogP contribution >= 0.6 is 0 Å². The normalized spacial score (nSPS) is 23.1. The number of hydrogen-bond donors (Lipinski definition) is 1. The van der Waals surface area contributed by atoms with Crippen molar-refractivity contribution in [3.8, 4) is 0 Å². The highest BCUT2D eigenvalue weighted by atomic mass is 14.9. The molecule has 3 rings (SSSR count). The van der Waals surface area contributed by atoms with Gasteiger partial charge in [-0.3, -0.25) is 4.98 Å². The predicted molar refractivity (Wildman–Crippen MR) is 78.1 cm³/mol. The number of pyridine rings is 1. The average molecular weight is 252 g/mol. The molecule has 1 aliphatic carbocycles. The molecule has 19 heavy (non-hydrogen) atoms. The van der Waals surface area contributed by atoms with Crippen molar-refractivity contribution < 1.29 is 0 Å². The molecule has 3 atom stereocenters. The van der Waals surface area contributed by atoms with E-state index >= 15 is 0 Å². The van der Waals surface area contributed by atoms with E-state index in [0.717, 1.165) is 0 Å².